The SMILES string of the molecule is COc1ccc(/C=C/c2ccc(OC)c(OC)c2)[n+](C)c1. The van der Waals surface area contributed by atoms with Crippen molar-refractivity contribution < 1.29 is 18.8 Å². The molecule has 2 rings (SSSR count). The Balaban J connectivity index is 2.25. The molecule has 0 aliphatic rings. The van der Waals surface area contributed by atoms with Gasteiger partial charge in [0.25, 0.3) is 0 Å². The molecular formula is C17H20NO3+. The summed E-state index contributed by atoms with van der Waals surface area (Å²) < 4.78 is 17.7. The molecule has 0 bridgehead atoms. The molecule has 21 heavy (non-hydrogen) atoms. The molecule has 4 heteroatoms. The van der Waals surface area contributed by atoms with Crippen LogP contribution in [0.2, 0.25) is 0 Å². The van der Waals surface area contributed by atoms with Crippen LogP contribution < -0.4 is 18.8 Å². The summed E-state index contributed by atoms with van der Waals surface area (Å²) in [5.74, 6) is 2.28. The van der Waals surface area contributed by atoms with Crippen LogP contribution in [-0.4, -0.2) is 21.3 Å². The van der Waals surface area contributed by atoms with Gasteiger partial charge in [0.15, 0.2) is 17.2 Å². The van der Waals surface area contributed by atoms with Crippen LogP contribution in [0, 0.1) is 0 Å². The third kappa shape index (κ3) is 3.54. The van der Waals surface area contributed by atoms with Crippen LogP contribution >= 0.6 is 0 Å². The van der Waals surface area contributed by atoms with Gasteiger partial charge in [0.2, 0.25) is 11.9 Å². The summed E-state index contributed by atoms with van der Waals surface area (Å²) >= 11 is 0. The Bertz CT molecular complexity index is 650. The summed E-state index contributed by atoms with van der Waals surface area (Å²) in [5, 5.41) is 0. The van der Waals surface area contributed by atoms with E-state index in [1.165, 1.54) is 0 Å². The zero-order chi connectivity index (χ0) is 15.2. The third-order valence-electron chi connectivity index (χ3n) is 3.24. The maximum absolute atomic E-state index is 5.30. The molecule has 4 nitrogen and oxygen atoms in total. The maximum Gasteiger partial charge on any atom is 0.211 e. The lowest BCUT2D eigenvalue weighted by Gasteiger charge is -2.07. The van der Waals surface area contributed by atoms with Gasteiger partial charge in [0.05, 0.1) is 21.3 Å². The van der Waals surface area contributed by atoms with Crippen molar-refractivity contribution in [2.45, 2.75) is 0 Å². The molecular weight excluding hydrogens is 266 g/mol. The van der Waals surface area contributed by atoms with Gasteiger partial charge in [-0.15, -0.1) is 0 Å². The first-order valence-electron chi connectivity index (χ1n) is 6.61. The van der Waals surface area contributed by atoms with Gasteiger partial charge in [-0.25, -0.2) is 0 Å². The van der Waals surface area contributed by atoms with Gasteiger partial charge < -0.3 is 14.2 Å². The molecule has 0 saturated carbocycles. The third-order valence-corrected chi connectivity index (χ3v) is 3.24. The molecule has 1 aromatic heterocycles. The minimum Gasteiger partial charge on any atom is -0.493 e. The van der Waals surface area contributed by atoms with Crippen LogP contribution in [0.25, 0.3) is 12.2 Å². The number of hydrogen-bond donors (Lipinski definition) is 0. The monoisotopic (exact) mass is 286 g/mol. The first-order chi connectivity index (χ1) is 10.2. The topological polar surface area (TPSA) is 31.6 Å². The molecule has 0 aliphatic carbocycles. The predicted octanol–water partition coefficient (Wildman–Crippen LogP) is 2.71. The zero-order valence-corrected chi connectivity index (χ0v) is 12.8. The Kier molecular flexibility index (Phi) is 4.82. The van der Waals surface area contributed by atoms with Crippen molar-refractivity contribution >= 4 is 12.2 Å². The Morgan fingerprint density at radius 1 is 0.857 bits per heavy atom. The highest BCUT2D eigenvalue weighted by molar-refractivity contribution is 5.68. The second-order valence-electron chi connectivity index (χ2n) is 4.55. The van der Waals surface area contributed by atoms with Gasteiger partial charge in [-0.3, -0.25) is 0 Å². The fraction of sp³-hybridized carbons (Fsp3) is 0.235. The standard InChI is InChI=1S/C17H20NO3/c1-18-12-15(19-2)9-8-14(18)7-5-13-6-10-16(20-3)17(11-13)21-4/h5-12H,1-4H3/q+1/b7-5+. The van der Waals surface area contributed by atoms with Crippen molar-refractivity contribution in [3.05, 3.63) is 47.8 Å². The summed E-state index contributed by atoms with van der Waals surface area (Å²) in [6.07, 6.45) is 6.01. The van der Waals surface area contributed by atoms with E-state index in [-0.39, 0.29) is 0 Å². The van der Waals surface area contributed by atoms with Crippen LogP contribution in [0.5, 0.6) is 17.2 Å². The summed E-state index contributed by atoms with van der Waals surface area (Å²) in [4.78, 5) is 0. The highest BCUT2D eigenvalue weighted by atomic mass is 16.5. The van der Waals surface area contributed by atoms with Crippen molar-refractivity contribution in [1.29, 1.82) is 0 Å². The highest BCUT2D eigenvalue weighted by Crippen LogP contribution is 2.28. The van der Waals surface area contributed by atoms with E-state index < -0.39 is 0 Å². The number of rotatable bonds is 5. The summed E-state index contributed by atoms with van der Waals surface area (Å²) in [7, 11) is 6.91. The number of ether oxygens (including phenoxy) is 3. The molecule has 0 amide bonds. The largest absolute Gasteiger partial charge is 0.493 e. The summed E-state index contributed by atoms with van der Waals surface area (Å²) in [6.45, 7) is 0. The van der Waals surface area contributed by atoms with Crippen molar-refractivity contribution in [2.75, 3.05) is 21.3 Å². The molecule has 0 saturated heterocycles. The normalized spacial score (nSPS) is 10.7. The Hall–Kier alpha value is -2.49. The fourth-order valence-corrected chi connectivity index (χ4v) is 2.03. The first kappa shape index (κ1) is 14.9. The van der Waals surface area contributed by atoms with E-state index in [0.29, 0.717) is 0 Å². The number of methoxy groups -OCH3 is 3. The second kappa shape index (κ2) is 6.79. The van der Waals surface area contributed by atoms with Crippen LogP contribution in [0.15, 0.2) is 36.5 Å². The molecule has 0 unspecified atom stereocenters. The van der Waals surface area contributed by atoms with Gasteiger partial charge in [0, 0.05) is 12.1 Å². The van der Waals surface area contributed by atoms with Crippen LogP contribution in [0.3, 0.4) is 0 Å². The zero-order valence-electron chi connectivity index (χ0n) is 12.8. The molecule has 1 heterocycles. The molecule has 1 aromatic carbocycles. The summed E-state index contributed by atoms with van der Waals surface area (Å²) in [6, 6.07) is 9.77. The lowest BCUT2D eigenvalue weighted by Crippen LogP contribution is -2.31. The van der Waals surface area contributed by atoms with E-state index in [4.69, 9.17) is 14.2 Å². The fourth-order valence-electron chi connectivity index (χ4n) is 2.03. The molecule has 0 atom stereocenters. The van der Waals surface area contributed by atoms with Gasteiger partial charge >= 0.3 is 0 Å². The van der Waals surface area contributed by atoms with Gasteiger partial charge in [-0.1, -0.05) is 6.07 Å². The Labute approximate surface area is 125 Å². The maximum atomic E-state index is 5.30. The van der Waals surface area contributed by atoms with Crippen molar-refractivity contribution in [3.8, 4) is 17.2 Å². The lowest BCUT2D eigenvalue weighted by atomic mass is 10.1. The first-order valence-corrected chi connectivity index (χ1v) is 6.61. The Morgan fingerprint density at radius 2 is 1.62 bits per heavy atom. The van der Waals surface area contributed by atoms with Crippen LogP contribution in [0.1, 0.15) is 11.3 Å². The summed E-state index contributed by atoms with van der Waals surface area (Å²) in [5.41, 5.74) is 2.12. The van der Waals surface area contributed by atoms with Crippen LogP contribution in [0.4, 0.5) is 0 Å². The number of pyridine rings is 1. The molecule has 0 N–H and O–H groups in total. The average Bonchev–Trinajstić information content (AvgIpc) is 2.53. The van der Waals surface area contributed by atoms with Gasteiger partial charge in [-0.05, 0) is 29.8 Å². The lowest BCUT2D eigenvalue weighted by molar-refractivity contribution is -0.673. The minimum atomic E-state index is 0.721. The molecule has 110 valence electrons. The van der Waals surface area contributed by atoms with E-state index in [1.807, 2.05) is 60.3 Å². The van der Waals surface area contributed by atoms with E-state index in [9.17, 15) is 0 Å². The van der Waals surface area contributed by atoms with Gasteiger partial charge in [-0.2, -0.15) is 4.57 Å². The number of aryl methyl sites for hydroxylation is 1. The number of nitrogens with zero attached hydrogens (tertiary/aromatic N) is 1. The van der Waals surface area contributed by atoms with Crippen molar-refractivity contribution in [2.24, 2.45) is 7.05 Å². The molecule has 0 fully saturated rings. The van der Waals surface area contributed by atoms with E-state index >= 15 is 0 Å². The number of hydrogen-bond acceptors (Lipinski definition) is 3. The molecule has 0 aliphatic heterocycles. The Morgan fingerprint density at radius 3 is 2.24 bits per heavy atom. The smallest absolute Gasteiger partial charge is 0.211 e. The molecule has 0 radical (unpaired) electrons. The van der Waals surface area contributed by atoms with Crippen molar-refractivity contribution in [1.82, 2.24) is 0 Å². The van der Waals surface area contributed by atoms with E-state index in [1.54, 1.807) is 21.3 Å². The van der Waals surface area contributed by atoms with Crippen LogP contribution in [-0.2, 0) is 7.05 Å². The predicted molar refractivity (Wildman–Crippen MR) is 82.6 cm³/mol. The van der Waals surface area contributed by atoms with E-state index in [0.717, 1.165) is 28.5 Å². The minimum absolute atomic E-state index is 0.721. The number of benzene rings is 1. The van der Waals surface area contributed by atoms with Crippen molar-refractivity contribution in [3.63, 3.8) is 0 Å². The van der Waals surface area contributed by atoms with E-state index in [2.05, 4.69) is 0 Å². The molecule has 2 aromatic rings. The second-order valence-corrected chi connectivity index (χ2v) is 4.55. The number of aromatic nitrogens is 1. The van der Waals surface area contributed by atoms with Gasteiger partial charge in [0.1, 0.15) is 7.05 Å². The quantitative estimate of drug-likeness (QED) is 0.792. The highest BCUT2D eigenvalue weighted by Gasteiger charge is 2.06. The molecule has 0 spiro atoms. The average molecular weight is 286 g/mol.